The fraction of sp³-hybridized carbons (Fsp3) is 0.611. The van der Waals surface area contributed by atoms with E-state index in [1.165, 1.54) is 18.9 Å². The summed E-state index contributed by atoms with van der Waals surface area (Å²) in [6.07, 6.45) is 7.07. The molecule has 1 aliphatic rings. The second-order valence-electron chi connectivity index (χ2n) is 6.54. The molecule has 0 aliphatic heterocycles. The molecule has 0 bridgehead atoms. The third kappa shape index (κ3) is 5.05. The van der Waals surface area contributed by atoms with Gasteiger partial charge in [0.25, 0.3) is 5.91 Å². The quantitative estimate of drug-likeness (QED) is 0.772. The van der Waals surface area contributed by atoms with Crippen LogP contribution in [0.4, 0.5) is 0 Å². The fourth-order valence-electron chi connectivity index (χ4n) is 3.03. The first kappa shape index (κ1) is 18.9. The van der Waals surface area contributed by atoms with Gasteiger partial charge in [0, 0.05) is 18.2 Å². The maximum atomic E-state index is 12.7. The van der Waals surface area contributed by atoms with E-state index in [4.69, 9.17) is 0 Å². The Morgan fingerprint density at radius 3 is 2.46 bits per heavy atom. The van der Waals surface area contributed by atoms with Crippen LogP contribution in [0.5, 0.6) is 0 Å². The Bertz CT molecular complexity index is 663. The second-order valence-corrected chi connectivity index (χ2v) is 8.26. The minimum absolute atomic E-state index is 0.00355. The molecule has 0 unspecified atom stereocenters. The number of hydrogen-bond acceptors (Lipinski definition) is 3. The Morgan fingerprint density at radius 1 is 1.17 bits per heavy atom. The van der Waals surface area contributed by atoms with E-state index in [2.05, 4.69) is 10.0 Å². The van der Waals surface area contributed by atoms with Crippen molar-refractivity contribution >= 4 is 15.9 Å². The van der Waals surface area contributed by atoms with Crippen molar-refractivity contribution in [1.29, 1.82) is 0 Å². The van der Waals surface area contributed by atoms with Crippen LogP contribution in [0.3, 0.4) is 0 Å². The van der Waals surface area contributed by atoms with E-state index in [9.17, 15) is 13.2 Å². The lowest BCUT2D eigenvalue weighted by atomic mass is 10.1. The monoisotopic (exact) mass is 352 g/mol. The summed E-state index contributed by atoms with van der Waals surface area (Å²) in [5.41, 5.74) is 1.20. The van der Waals surface area contributed by atoms with Crippen LogP contribution in [0.1, 0.15) is 67.8 Å². The van der Waals surface area contributed by atoms with Gasteiger partial charge >= 0.3 is 0 Å². The molecule has 1 fully saturated rings. The van der Waals surface area contributed by atoms with Crippen molar-refractivity contribution in [3.8, 4) is 0 Å². The van der Waals surface area contributed by atoms with Crippen LogP contribution in [-0.4, -0.2) is 26.9 Å². The van der Waals surface area contributed by atoms with E-state index in [0.29, 0.717) is 12.1 Å². The van der Waals surface area contributed by atoms with Crippen LogP contribution in [0.2, 0.25) is 0 Å². The van der Waals surface area contributed by atoms with Crippen LogP contribution >= 0.6 is 0 Å². The summed E-state index contributed by atoms with van der Waals surface area (Å²) in [5.74, 6) is -0.221. The van der Waals surface area contributed by atoms with Crippen molar-refractivity contribution in [3.63, 3.8) is 0 Å². The standard InChI is InChI=1S/C18H28N2O3S/c1-3-12-19-18(21)17-13-16(11-10-14(17)2)24(22,23)20-15-8-6-4-5-7-9-15/h10-11,13,15,20H,3-9,12H2,1-2H3,(H,19,21). The molecule has 1 aromatic rings. The molecule has 1 amide bonds. The summed E-state index contributed by atoms with van der Waals surface area (Å²) in [6, 6.07) is 4.75. The van der Waals surface area contributed by atoms with Gasteiger partial charge in [0.15, 0.2) is 0 Å². The van der Waals surface area contributed by atoms with E-state index < -0.39 is 10.0 Å². The molecule has 1 aromatic carbocycles. The third-order valence-corrected chi connectivity index (χ3v) is 5.99. The summed E-state index contributed by atoms with van der Waals surface area (Å²) < 4.78 is 28.2. The Morgan fingerprint density at radius 2 is 1.83 bits per heavy atom. The first-order valence-electron chi connectivity index (χ1n) is 8.85. The Labute approximate surface area is 145 Å². The molecule has 24 heavy (non-hydrogen) atoms. The van der Waals surface area contributed by atoms with Gasteiger partial charge in [-0.3, -0.25) is 4.79 Å². The van der Waals surface area contributed by atoms with Gasteiger partial charge in [-0.15, -0.1) is 0 Å². The zero-order chi connectivity index (χ0) is 17.6. The minimum Gasteiger partial charge on any atom is -0.352 e. The van der Waals surface area contributed by atoms with Crippen LogP contribution < -0.4 is 10.0 Å². The number of benzene rings is 1. The number of aryl methyl sites for hydroxylation is 1. The molecule has 1 saturated carbocycles. The molecule has 0 heterocycles. The predicted molar refractivity (Wildman–Crippen MR) is 95.6 cm³/mol. The fourth-order valence-corrected chi connectivity index (χ4v) is 4.36. The largest absolute Gasteiger partial charge is 0.352 e. The van der Waals surface area contributed by atoms with Crippen LogP contribution in [0.25, 0.3) is 0 Å². The molecule has 0 saturated heterocycles. The second kappa shape index (κ2) is 8.62. The number of amides is 1. The number of carbonyl (C=O) groups is 1. The molecule has 0 aromatic heterocycles. The van der Waals surface area contributed by atoms with Crippen molar-refractivity contribution in [2.24, 2.45) is 0 Å². The summed E-state index contributed by atoms with van der Waals surface area (Å²) in [4.78, 5) is 12.4. The lowest BCUT2D eigenvalue weighted by molar-refractivity contribution is 0.0953. The van der Waals surface area contributed by atoms with E-state index in [1.54, 1.807) is 12.1 Å². The minimum atomic E-state index is -3.60. The molecule has 6 heteroatoms. The van der Waals surface area contributed by atoms with E-state index >= 15 is 0 Å². The van der Waals surface area contributed by atoms with E-state index in [0.717, 1.165) is 37.7 Å². The van der Waals surface area contributed by atoms with Gasteiger partial charge in [-0.05, 0) is 43.9 Å². The lowest BCUT2D eigenvalue weighted by Crippen LogP contribution is -2.34. The number of hydrogen-bond donors (Lipinski definition) is 2. The molecule has 0 radical (unpaired) electrons. The van der Waals surface area contributed by atoms with Gasteiger partial charge in [0.2, 0.25) is 10.0 Å². The van der Waals surface area contributed by atoms with Gasteiger partial charge in [0.1, 0.15) is 0 Å². The normalized spacial score (nSPS) is 16.6. The van der Waals surface area contributed by atoms with Crippen molar-refractivity contribution in [3.05, 3.63) is 29.3 Å². The van der Waals surface area contributed by atoms with Gasteiger partial charge in [-0.25, -0.2) is 13.1 Å². The van der Waals surface area contributed by atoms with E-state index in [-0.39, 0.29) is 16.8 Å². The number of carbonyl (C=O) groups excluding carboxylic acids is 1. The SMILES string of the molecule is CCCNC(=O)c1cc(S(=O)(=O)NC2CCCCCC2)ccc1C. The first-order chi connectivity index (χ1) is 11.4. The molecule has 0 atom stereocenters. The van der Waals surface area contributed by atoms with Crippen molar-refractivity contribution in [2.45, 2.75) is 69.7 Å². The molecular weight excluding hydrogens is 324 g/mol. The van der Waals surface area contributed by atoms with Crippen LogP contribution in [0, 0.1) is 6.92 Å². The molecular formula is C18H28N2O3S. The highest BCUT2D eigenvalue weighted by Crippen LogP contribution is 2.21. The predicted octanol–water partition coefficient (Wildman–Crippen LogP) is 3.14. The van der Waals surface area contributed by atoms with Gasteiger partial charge in [-0.2, -0.15) is 0 Å². The van der Waals surface area contributed by atoms with Crippen LogP contribution in [0.15, 0.2) is 23.1 Å². The van der Waals surface area contributed by atoms with Crippen LogP contribution in [-0.2, 0) is 10.0 Å². The Balaban J connectivity index is 2.18. The zero-order valence-electron chi connectivity index (χ0n) is 14.6. The topological polar surface area (TPSA) is 75.3 Å². The zero-order valence-corrected chi connectivity index (χ0v) is 15.4. The summed E-state index contributed by atoms with van der Waals surface area (Å²) in [6.45, 7) is 4.37. The summed E-state index contributed by atoms with van der Waals surface area (Å²) in [7, 11) is -3.60. The third-order valence-electron chi connectivity index (χ3n) is 4.48. The average molecular weight is 353 g/mol. The number of nitrogens with one attached hydrogen (secondary N) is 2. The Kier molecular flexibility index (Phi) is 6.80. The highest BCUT2D eigenvalue weighted by molar-refractivity contribution is 7.89. The molecule has 0 spiro atoms. The summed E-state index contributed by atoms with van der Waals surface area (Å²) in [5, 5.41) is 2.80. The van der Waals surface area contributed by atoms with Gasteiger partial charge in [-0.1, -0.05) is 38.7 Å². The maximum absolute atomic E-state index is 12.7. The smallest absolute Gasteiger partial charge is 0.251 e. The molecule has 5 nitrogen and oxygen atoms in total. The van der Waals surface area contributed by atoms with Gasteiger partial charge < -0.3 is 5.32 Å². The highest BCUT2D eigenvalue weighted by Gasteiger charge is 2.22. The first-order valence-corrected chi connectivity index (χ1v) is 10.3. The van der Waals surface area contributed by atoms with E-state index in [1.807, 2.05) is 13.8 Å². The molecule has 1 aliphatic carbocycles. The van der Waals surface area contributed by atoms with Gasteiger partial charge in [0.05, 0.1) is 4.90 Å². The number of sulfonamides is 1. The number of rotatable bonds is 6. The maximum Gasteiger partial charge on any atom is 0.251 e. The summed E-state index contributed by atoms with van der Waals surface area (Å²) >= 11 is 0. The highest BCUT2D eigenvalue weighted by atomic mass is 32.2. The molecule has 134 valence electrons. The molecule has 2 rings (SSSR count). The molecule has 2 N–H and O–H groups in total. The average Bonchev–Trinajstić information content (AvgIpc) is 2.81. The lowest BCUT2D eigenvalue weighted by Gasteiger charge is -2.17. The Hall–Kier alpha value is -1.40. The van der Waals surface area contributed by atoms with Crippen molar-refractivity contribution in [1.82, 2.24) is 10.0 Å². The van der Waals surface area contributed by atoms with Crippen molar-refractivity contribution in [2.75, 3.05) is 6.54 Å². The van der Waals surface area contributed by atoms with Crippen molar-refractivity contribution < 1.29 is 13.2 Å².